The van der Waals surface area contributed by atoms with Gasteiger partial charge in [0.1, 0.15) is 0 Å². The van der Waals surface area contributed by atoms with Gasteiger partial charge in [0, 0.05) is 37.0 Å². The molecule has 1 aromatic rings. The molecule has 7 heteroatoms. The molecule has 0 atom stereocenters. The van der Waals surface area contributed by atoms with E-state index in [1.807, 2.05) is 0 Å². The van der Waals surface area contributed by atoms with Crippen LogP contribution in [0, 0.1) is 0 Å². The Balaban J connectivity index is 1.99. The number of hydrogen-bond acceptors (Lipinski definition) is 5. The third-order valence-electron chi connectivity index (χ3n) is 3.73. The van der Waals surface area contributed by atoms with Gasteiger partial charge in [0.25, 0.3) is 0 Å². The van der Waals surface area contributed by atoms with Gasteiger partial charge in [0.2, 0.25) is 10.0 Å². The summed E-state index contributed by atoms with van der Waals surface area (Å²) in [6.45, 7) is 4.88. The Hall–Kier alpha value is -0.470. The highest BCUT2D eigenvalue weighted by Gasteiger charge is 2.29. The minimum absolute atomic E-state index is 0.188. The first-order valence-corrected chi connectivity index (χ1v) is 9.71. The second-order valence-electron chi connectivity index (χ2n) is 5.26. The van der Waals surface area contributed by atoms with Crippen LogP contribution in [0.1, 0.15) is 31.1 Å². The lowest BCUT2D eigenvalue weighted by molar-refractivity contribution is 0.0604. The summed E-state index contributed by atoms with van der Waals surface area (Å²) < 4.78 is 32.1. The van der Waals surface area contributed by atoms with Gasteiger partial charge in [-0.05, 0) is 31.9 Å². The van der Waals surface area contributed by atoms with Gasteiger partial charge in [-0.25, -0.2) is 8.42 Å². The lowest BCUT2D eigenvalue weighted by Gasteiger charge is -2.30. The van der Waals surface area contributed by atoms with E-state index >= 15 is 0 Å². The van der Waals surface area contributed by atoms with E-state index in [0.29, 0.717) is 18.0 Å². The zero-order valence-corrected chi connectivity index (χ0v) is 14.3. The van der Waals surface area contributed by atoms with Crippen molar-refractivity contribution in [1.29, 1.82) is 0 Å². The van der Waals surface area contributed by atoms with Crippen LogP contribution in [0.5, 0.6) is 0 Å². The molecule has 1 aliphatic rings. The smallest absolute Gasteiger partial charge is 0.243 e. The molecule has 21 heavy (non-hydrogen) atoms. The molecule has 1 fully saturated rings. The average Bonchev–Trinajstić information content (AvgIpc) is 2.97. The van der Waals surface area contributed by atoms with Crippen LogP contribution >= 0.6 is 11.3 Å². The van der Waals surface area contributed by atoms with Crippen molar-refractivity contribution in [1.82, 2.24) is 9.62 Å². The fourth-order valence-electron chi connectivity index (χ4n) is 2.43. The summed E-state index contributed by atoms with van der Waals surface area (Å²) in [5.74, 6) is 0. The van der Waals surface area contributed by atoms with Crippen molar-refractivity contribution < 1.29 is 13.2 Å². The number of methoxy groups -OCH3 is 1. The van der Waals surface area contributed by atoms with Crippen LogP contribution in [0.4, 0.5) is 0 Å². The molecule has 0 amide bonds. The maximum atomic E-state index is 12.6. The van der Waals surface area contributed by atoms with E-state index in [-0.39, 0.29) is 6.10 Å². The summed E-state index contributed by atoms with van der Waals surface area (Å²) in [5, 5.41) is 5.05. The zero-order valence-electron chi connectivity index (χ0n) is 12.7. The fraction of sp³-hybridized carbons (Fsp3) is 0.714. The van der Waals surface area contributed by atoms with Crippen molar-refractivity contribution in [2.24, 2.45) is 0 Å². The molecule has 0 unspecified atom stereocenters. The minimum Gasteiger partial charge on any atom is -0.381 e. The third-order valence-corrected chi connectivity index (χ3v) is 6.69. The number of nitrogens with zero attached hydrogens (tertiary/aromatic N) is 1. The Kier molecular flexibility index (Phi) is 6.19. The molecule has 2 heterocycles. The molecule has 0 radical (unpaired) electrons. The maximum absolute atomic E-state index is 12.6. The van der Waals surface area contributed by atoms with E-state index in [9.17, 15) is 8.42 Å². The first-order chi connectivity index (χ1) is 10.1. The second kappa shape index (κ2) is 7.69. The first kappa shape index (κ1) is 16.9. The van der Waals surface area contributed by atoms with Crippen LogP contribution in [-0.4, -0.2) is 45.6 Å². The number of ether oxygens (including phenoxy) is 1. The number of hydrogen-bond donors (Lipinski definition) is 1. The molecule has 0 spiro atoms. The summed E-state index contributed by atoms with van der Waals surface area (Å²) in [7, 11) is -1.66. The summed E-state index contributed by atoms with van der Waals surface area (Å²) in [6, 6.07) is 1.80. The van der Waals surface area contributed by atoms with Crippen LogP contribution in [0.15, 0.2) is 16.3 Å². The summed E-state index contributed by atoms with van der Waals surface area (Å²) in [5.41, 5.74) is 0. The molecule has 0 bridgehead atoms. The summed E-state index contributed by atoms with van der Waals surface area (Å²) in [6.07, 6.45) is 2.80. The number of rotatable bonds is 7. The highest BCUT2D eigenvalue weighted by molar-refractivity contribution is 7.89. The minimum atomic E-state index is -3.34. The van der Waals surface area contributed by atoms with E-state index in [4.69, 9.17) is 4.74 Å². The number of nitrogens with one attached hydrogen (secondary N) is 1. The molecule has 2 rings (SSSR count). The van der Waals surface area contributed by atoms with E-state index in [2.05, 4.69) is 12.2 Å². The molecular formula is C14H24N2O3S2. The maximum Gasteiger partial charge on any atom is 0.243 e. The Labute approximate surface area is 131 Å². The van der Waals surface area contributed by atoms with Crippen molar-refractivity contribution in [2.75, 3.05) is 26.7 Å². The van der Waals surface area contributed by atoms with E-state index in [1.165, 1.54) is 11.3 Å². The topological polar surface area (TPSA) is 58.6 Å². The zero-order chi connectivity index (χ0) is 15.3. The molecule has 5 nitrogen and oxygen atoms in total. The molecule has 1 aliphatic heterocycles. The molecule has 120 valence electrons. The largest absolute Gasteiger partial charge is 0.381 e. The van der Waals surface area contributed by atoms with Gasteiger partial charge < -0.3 is 10.1 Å². The molecule has 1 N–H and O–H groups in total. The van der Waals surface area contributed by atoms with Crippen LogP contribution in [0.2, 0.25) is 0 Å². The average molecular weight is 332 g/mol. The van der Waals surface area contributed by atoms with E-state index in [0.717, 1.165) is 37.2 Å². The van der Waals surface area contributed by atoms with Gasteiger partial charge in [-0.2, -0.15) is 4.31 Å². The highest BCUT2D eigenvalue weighted by Crippen LogP contribution is 2.25. The first-order valence-electron chi connectivity index (χ1n) is 7.39. The van der Waals surface area contributed by atoms with E-state index < -0.39 is 10.0 Å². The SMILES string of the molecule is CCCNCc1cc(S(=O)(=O)N2CCC(OC)CC2)cs1. The molecule has 1 aromatic heterocycles. The molecular weight excluding hydrogens is 308 g/mol. The van der Waals surface area contributed by atoms with Gasteiger partial charge in [0.15, 0.2) is 0 Å². The van der Waals surface area contributed by atoms with Gasteiger partial charge in [-0.15, -0.1) is 11.3 Å². The predicted molar refractivity (Wildman–Crippen MR) is 85.1 cm³/mol. The van der Waals surface area contributed by atoms with Crippen molar-refractivity contribution in [3.05, 3.63) is 16.3 Å². The Morgan fingerprint density at radius 3 is 2.76 bits per heavy atom. The lowest BCUT2D eigenvalue weighted by Crippen LogP contribution is -2.40. The Morgan fingerprint density at radius 2 is 2.14 bits per heavy atom. The van der Waals surface area contributed by atoms with Crippen molar-refractivity contribution in [3.63, 3.8) is 0 Å². The lowest BCUT2D eigenvalue weighted by atomic mass is 10.1. The number of piperidine rings is 1. The van der Waals surface area contributed by atoms with Gasteiger partial charge >= 0.3 is 0 Å². The summed E-state index contributed by atoms with van der Waals surface area (Å²) in [4.78, 5) is 1.49. The fourth-order valence-corrected chi connectivity index (χ4v) is 5.14. The number of thiophene rings is 1. The number of sulfonamides is 1. The van der Waals surface area contributed by atoms with Gasteiger partial charge in [0.05, 0.1) is 11.0 Å². The Bertz CT molecular complexity index is 534. The van der Waals surface area contributed by atoms with Gasteiger partial charge in [-0.1, -0.05) is 6.92 Å². The third kappa shape index (κ3) is 4.26. The van der Waals surface area contributed by atoms with Gasteiger partial charge in [-0.3, -0.25) is 0 Å². The molecule has 0 aliphatic carbocycles. The predicted octanol–water partition coefficient (Wildman–Crippen LogP) is 2.05. The van der Waals surface area contributed by atoms with Crippen molar-refractivity contribution in [3.8, 4) is 0 Å². The van der Waals surface area contributed by atoms with Crippen LogP contribution in [0.25, 0.3) is 0 Å². The summed E-state index contributed by atoms with van der Waals surface area (Å²) >= 11 is 1.50. The Morgan fingerprint density at radius 1 is 1.43 bits per heavy atom. The second-order valence-corrected chi connectivity index (χ2v) is 8.20. The van der Waals surface area contributed by atoms with Crippen molar-refractivity contribution in [2.45, 2.75) is 43.7 Å². The quantitative estimate of drug-likeness (QED) is 0.777. The van der Waals surface area contributed by atoms with E-state index in [1.54, 1.807) is 22.9 Å². The van der Waals surface area contributed by atoms with Crippen LogP contribution in [-0.2, 0) is 21.3 Å². The molecule has 0 aromatic carbocycles. The van der Waals surface area contributed by atoms with Crippen molar-refractivity contribution >= 4 is 21.4 Å². The molecule has 1 saturated heterocycles. The molecule has 0 saturated carbocycles. The highest BCUT2D eigenvalue weighted by atomic mass is 32.2. The van der Waals surface area contributed by atoms with Crippen LogP contribution < -0.4 is 5.32 Å². The van der Waals surface area contributed by atoms with Crippen LogP contribution in [0.3, 0.4) is 0 Å². The monoisotopic (exact) mass is 332 g/mol. The normalized spacial score (nSPS) is 18.2. The standard InChI is InChI=1S/C14H24N2O3S2/c1-3-6-15-10-13-9-14(11-20-13)21(17,18)16-7-4-12(19-2)5-8-16/h9,11-12,15H,3-8,10H2,1-2H3.